The molecule has 104 valence electrons. The number of hydrogen-bond donors (Lipinski definition) is 1. The minimum Gasteiger partial charge on any atom is -0.395 e. The first kappa shape index (κ1) is 15.4. The van der Waals surface area contributed by atoms with Crippen LogP contribution in [0.25, 0.3) is 0 Å². The Bertz CT molecular complexity index is 521. The van der Waals surface area contributed by atoms with E-state index in [0.29, 0.717) is 11.1 Å². The second-order valence-corrected chi connectivity index (χ2v) is 4.86. The molecular weight excluding hydrogens is 242 g/mol. The number of aliphatic hydroxyl groups excluding tert-OH is 1. The van der Waals surface area contributed by atoms with E-state index < -0.39 is 0 Å². The molecule has 1 N–H and O–H groups in total. The molecule has 1 amide bonds. The molecular formula is C15H21NO3. The van der Waals surface area contributed by atoms with E-state index in [4.69, 9.17) is 5.11 Å². The highest BCUT2D eigenvalue weighted by Gasteiger charge is 2.22. The molecule has 19 heavy (non-hydrogen) atoms. The van der Waals surface area contributed by atoms with Crippen molar-refractivity contribution in [1.29, 1.82) is 0 Å². The molecule has 0 aliphatic carbocycles. The lowest BCUT2D eigenvalue weighted by atomic mass is 9.89. The molecule has 0 heterocycles. The Hall–Kier alpha value is -1.68. The Morgan fingerprint density at radius 1 is 1.11 bits per heavy atom. The van der Waals surface area contributed by atoms with Crippen molar-refractivity contribution >= 4 is 12.2 Å². The lowest BCUT2D eigenvalue weighted by Gasteiger charge is -2.22. The number of likely N-dealkylation sites (N-methyl/N-ethyl adjacent to an activating group) is 1. The largest absolute Gasteiger partial charge is 0.395 e. The third kappa shape index (κ3) is 2.68. The summed E-state index contributed by atoms with van der Waals surface area (Å²) in [5, 5.41) is 8.92. The highest BCUT2D eigenvalue weighted by atomic mass is 16.3. The molecule has 1 aromatic rings. The molecule has 0 unspecified atom stereocenters. The van der Waals surface area contributed by atoms with Crippen LogP contribution in [0, 0.1) is 27.7 Å². The van der Waals surface area contributed by atoms with Gasteiger partial charge in [-0.15, -0.1) is 0 Å². The Kier molecular flexibility index (Phi) is 4.84. The highest BCUT2D eigenvalue weighted by molar-refractivity contribution is 6.04. The molecule has 0 spiro atoms. The van der Waals surface area contributed by atoms with E-state index in [1.165, 1.54) is 4.90 Å². The van der Waals surface area contributed by atoms with Crippen molar-refractivity contribution in [3.8, 4) is 0 Å². The Labute approximate surface area is 114 Å². The number of rotatable bonds is 4. The highest BCUT2D eigenvalue weighted by Crippen LogP contribution is 2.26. The normalized spacial score (nSPS) is 10.4. The summed E-state index contributed by atoms with van der Waals surface area (Å²) in [6, 6.07) is 0. The number of amides is 1. The first-order valence-corrected chi connectivity index (χ1v) is 6.28. The predicted octanol–water partition coefficient (Wildman–Crippen LogP) is 1.80. The van der Waals surface area contributed by atoms with Gasteiger partial charge in [-0.05, 0) is 49.9 Å². The zero-order valence-corrected chi connectivity index (χ0v) is 12.2. The fraction of sp³-hybridized carbons (Fsp3) is 0.467. The summed E-state index contributed by atoms with van der Waals surface area (Å²) in [6.45, 7) is 7.78. The number of hydrogen-bond acceptors (Lipinski definition) is 3. The molecule has 0 aliphatic rings. The summed E-state index contributed by atoms with van der Waals surface area (Å²) in [5.41, 5.74) is 4.66. The van der Waals surface area contributed by atoms with E-state index in [0.717, 1.165) is 28.5 Å². The zero-order valence-electron chi connectivity index (χ0n) is 12.2. The minimum absolute atomic E-state index is 0.0957. The van der Waals surface area contributed by atoms with Crippen LogP contribution in [0.3, 0.4) is 0 Å². The van der Waals surface area contributed by atoms with Crippen molar-refractivity contribution in [3.63, 3.8) is 0 Å². The lowest BCUT2D eigenvalue weighted by molar-refractivity contribution is 0.0763. The fourth-order valence-corrected chi connectivity index (χ4v) is 2.21. The van der Waals surface area contributed by atoms with E-state index in [1.54, 1.807) is 7.05 Å². The second-order valence-electron chi connectivity index (χ2n) is 4.86. The lowest BCUT2D eigenvalue weighted by Crippen LogP contribution is -2.31. The van der Waals surface area contributed by atoms with Crippen molar-refractivity contribution in [1.82, 2.24) is 4.90 Å². The Balaban J connectivity index is 3.50. The van der Waals surface area contributed by atoms with Gasteiger partial charge in [0.05, 0.1) is 12.2 Å². The van der Waals surface area contributed by atoms with Gasteiger partial charge in [0.25, 0.3) is 5.91 Å². The fourth-order valence-electron chi connectivity index (χ4n) is 2.21. The van der Waals surface area contributed by atoms with Gasteiger partial charge < -0.3 is 10.0 Å². The van der Waals surface area contributed by atoms with Gasteiger partial charge in [0.1, 0.15) is 0 Å². The predicted molar refractivity (Wildman–Crippen MR) is 74.8 cm³/mol. The minimum atomic E-state index is -0.222. The van der Waals surface area contributed by atoms with E-state index in [2.05, 4.69) is 0 Å². The number of carbonyl (C=O) groups excluding carboxylic acids is 2. The van der Waals surface area contributed by atoms with Crippen molar-refractivity contribution in [2.45, 2.75) is 27.7 Å². The average Bonchev–Trinajstić information content (AvgIpc) is 2.39. The first-order chi connectivity index (χ1) is 8.86. The Morgan fingerprint density at radius 3 is 2.11 bits per heavy atom. The van der Waals surface area contributed by atoms with E-state index >= 15 is 0 Å². The van der Waals surface area contributed by atoms with Crippen LogP contribution in [0.15, 0.2) is 0 Å². The molecule has 0 radical (unpaired) electrons. The number of carbonyl (C=O) groups is 2. The molecule has 0 aromatic heterocycles. The molecule has 0 saturated carbocycles. The molecule has 1 aromatic carbocycles. The van der Waals surface area contributed by atoms with Crippen molar-refractivity contribution < 1.29 is 14.7 Å². The van der Waals surface area contributed by atoms with Gasteiger partial charge in [0, 0.05) is 19.2 Å². The van der Waals surface area contributed by atoms with Crippen LogP contribution in [-0.2, 0) is 0 Å². The molecule has 0 saturated heterocycles. The summed E-state index contributed by atoms with van der Waals surface area (Å²) in [5.74, 6) is -0.222. The monoisotopic (exact) mass is 263 g/mol. The van der Waals surface area contributed by atoms with Gasteiger partial charge >= 0.3 is 0 Å². The van der Waals surface area contributed by atoms with Gasteiger partial charge in [-0.3, -0.25) is 9.59 Å². The molecule has 0 bridgehead atoms. The summed E-state index contributed by atoms with van der Waals surface area (Å²) in [6.07, 6.45) is 0.745. The van der Waals surface area contributed by atoms with Crippen LogP contribution in [0.1, 0.15) is 43.0 Å². The van der Waals surface area contributed by atoms with Crippen molar-refractivity contribution in [2.24, 2.45) is 0 Å². The number of benzene rings is 1. The zero-order chi connectivity index (χ0) is 14.7. The molecule has 0 atom stereocenters. The van der Waals surface area contributed by atoms with Crippen LogP contribution in [-0.4, -0.2) is 42.4 Å². The average molecular weight is 263 g/mol. The molecule has 1 rings (SSSR count). The number of aldehydes is 1. The SMILES string of the molecule is Cc1c(C)c(C)c(C(=O)N(C)CCO)c(C=O)c1C. The first-order valence-electron chi connectivity index (χ1n) is 6.28. The molecule has 4 nitrogen and oxygen atoms in total. The van der Waals surface area contributed by atoms with E-state index in [1.807, 2.05) is 27.7 Å². The molecule has 0 aliphatic heterocycles. The second kappa shape index (κ2) is 5.97. The molecule has 4 heteroatoms. The topological polar surface area (TPSA) is 57.6 Å². The number of nitrogens with zero attached hydrogens (tertiary/aromatic N) is 1. The van der Waals surface area contributed by atoms with Gasteiger partial charge in [-0.25, -0.2) is 0 Å². The maximum atomic E-state index is 12.4. The quantitative estimate of drug-likeness (QED) is 0.843. The third-order valence-corrected chi connectivity index (χ3v) is 3.85. The maximum Gasteiger partial charge on any atom is 0.254 e. The number of aliphatic hydroxyl groups is 1. The summed E-state index contributed by atoms with van der Waals surface area (Å²) >= 11 is 0. The van der Waals surface area contributed by atoms with E-state index in [-0.39, 0.29) is 19.1 Å². The maximum absolute atomic E-state index is 12.4. The summed E-state index contributed by atoms with van der Waals surface area (Å²) in [7, 11) is 1.62. The van der Waals surface area contributed by atoms with Crippen LogP contribution in [0.2, 0.25) is 0 Å². The van der Waals surface area contributed by atoms with Gasteiger partial charge in [0.2, 0.25) is 0 Å². The van der Waals surface area contributed by atoms with Crippen LogP contribution in [0.4, 0.5) is 0 Å². The van der Waals surface area contributed by atoms with Gasteiger partial charge in [-0.1, -0.05) is 0 Å². The summed E-state index contributed by atoms with van der Waals surface area (Å²) in [4.78, 5) is 25.2. The van der Waals surface area contributed by atoms with E-state index in [9.17, 15) is 9.59 Å². The van der Waals surface area contributed by atoms with Crippen molar-refractivity contribution in [3.05, 3.63) is 33.4 Å². The van der Waals surface area contributed by atoms with Gasteiger partial charge in [0.15, 0.2) is 6.29 Å². The van der Waals surface area contributed by atoms with Crippen molar-refractivity contribution in [2.75, 3.05) is 20.2 Å². The van der Waals surface area contributed by atoms with Crippen LogP contribution >= 0.6 is 0 Å². The smallest absolute Gasteiger partial charge is 0.254 e. The summed E-state index contributed by atoms with van der Waals surface area (Å²) < 4.78 is 0. The van der Waals surface area contributed by atoms with Crippen LogP contribution in [0.5, 0.6) is 0 Å². The molecule has 0 fully saturated rings. The van der Waals surface area contributed by atoms with Crippen LogP contribution < -0.4 is 0 Å². The van der Waals surface area contributed by atoms with Gasteiger partial charge in [-0.2, -0.15) is 0 Å². The standard InChI is InChI=1S/C15H21NO3/c1-9-10(2)12(4)14(13(8-18)11(9)3)15(19)16(5)6-7-17/h8,17H,6-7H2,1-5H3. The Morgan fingerprint density at radius 2 is 1.63 bits per heavy atom. The third-order valence-electron chi connectivity index (χ3n) is 3.85.